The zero-order chi connectivity index (χ0) is 24.4. The molecule has 1 atom stereocenters. The highest BCUT2D eigenvalue weighted by Crippen LogP contribution is 2.30. The molecule has 0 radical (unpaired) electrons. The maximum Gasteiger partial charge on any atom is 0.338 e. The molecule has 0 amide bonds. The van der Waals surface area contributed by atoms with Crippen molar-refractivity contribution in [2.45, 2.75) is 40.7 Å². The number of ether oxygens (including phenoxy) is 1. The van der Waals surface area contributed by atoms with E-state index < -0.39 is 12.0 Å². The summed E-state index contributed by atoms with van der Waals surface area (Å²) in [6.45, 7) is 11.6. The molecule has 0 N–H and O–H groups in total. The number of allylic oxidation sites excluding steroid dienone is 1. The van der Waals surface area contributed by atoms with Gasteiger partial charge in [-0.3, -0.25) is 9.36 Å². The van der Waals surface area contributed by atoms with Crippen LogP contribution < -0.4 is 19.8 Å². The summed E-state index contributed by atoms with van der Waals surface area (Å²) in [6.07, 6.45) is 1.74. The largest absolute Gasteiger partial charge is 0.463 e. The van der Waals surface area contributed by atoms with Crippen molar-refractivity contribution >= 4 is 29.3 Å². The van der Waals surface area contributed by atoms with Gasteiger partial charge in [-0.15, -0.1) is 0 Å². The highest BCUT2D eigenvalue weighted by molar-refractivity contribution is 7.07. The van der Waals surface area contributed by atoms with E-state index in [2.05, 4.69) is 23.7 Å². The third-order valence-electron chi connectivity index (χ3n) is 5.87. The Morgan fingerprint density at radius 3 is 2.50 bits per heavy atom. The fraction of sp³-hybridized carbons (Fsp3) is 0.346. The number of aromatic nitrogens is 1. The number of anilines is 1. The van der Waals surface area contributed by atoms with Gasteiger partial charge in [-0.05, 0) is 46.2 Å². The van der Waals surface area contributed by atoms with Crippen molar-refractivity contribution in [3.05, 3.63) is 84.2 Å². The molecule has 0 bridgehead atoms. The minimum Gasteiger partial charge on any atom is -0.463 e. The summed E-state index contributed by atoms with van der Waals surface area (Å²) < 4.78 is 13.4. The number of carbonyl (C=O) groups is 1. The lowest BCUT2D eigenvalue weighted by Crippen LogP contribution is -2.39. The molecule has 1 aromatic carbocycles. The normalized spacial score (nSPS) is 15.8. The molecule has 178 valence electrons. The van der Waals surface area contributed by atoms with Crippen LogP contribution in [0.25, 0.3) is 6.08 Å². The second-order valence-corrected chi connectivity index (χ2v) is 9.07. The molecule has 34 heavy (non-hydrogen) atoms. The fourth-order valence-electron chi connectivity index (χ4n) is 4.11. The number of benzene rings is 1. The van der Waals surface area contributed by atoms with Gasteiger partial charge in [0.15, 0.2) is 10.7 Å². The summed E-state index contributed by atoms with van der Waals surface area (Å²) in [5.74, 6) is 0.904. The number of aryl methyl sites for hydroxylation is 1. The van der Waals surface area contributed by atoms with E-state index in [0.717, 1.165) is 30.1 Å². The van der Waals surface area contributed by atoms with E-state index in [9.17, 15) is 9.59 Å². The van der Waals surface area contributed by atoms with Gasteiger partial charge in [0, 0.05) is 25.2 Å². The van der Waals surface area contributed by atoms with Crippen LogP contribution in [0.3, 0.4) is 0 Å². The first-order valence-corrected chi connectivity index (χ1v) is 12.3. The molecule has 0 spiro atoms. The number of hydrogen-bond acceptors (Lipinski definition) is 7. The molecule has 4 rings (SSSR count). The molecule has 7 nitrogen and oxygen atoms in total. The summed E-state index contributed by atoms with van der Waals surface area (Å²) in [4.78, 5) is 33.8. The molecule has 0 saturated heterocycles. The Balaban J connectivity index is 1.87. The van der Waals surface area contributed by atoms with Gasteiger partial charge in [-0.25, -0.2) is 9.79 Å². The number of furan rings is 1. The molecule has 1 aliphatic rings. The first kappa shape index (κ1) is 23.8. The van der Waals surface area contributed by atoms with Gasteiger partial charge < -0.3 is 14.1 Å². The number of esters is 1. The molecule has 0 aliphatic carbocycles. The zero-order valence-electron chi connectivity index (χ0n) is 20.1. The lowest BCUT2D eigenvalue weighted by atomic mass is 9.95. The molecule has 0 fully saturated rings. The summed E-state index contributed by atoms with van der Waals surface area (Å²) in [5.41, 5.74) is 2.64. The number of rotatable bonds is 7. The number of fused-ring (bicyclic) bond motifs is 1. The standard InChI is InChI=1S/C26H29N3O4S/c1-6-28(7-2)21-14-13-19(33-21)15-20-24(30)29-23(18-11-9-16(4)10-12-18)22(25(31)32-8-3)17(5)27-26(29)34-20/h9-15,23H,6-8H2,1-5H3/b20-15+/t23-/m1/s1. The second-order valence-electron chi connectivity index (χ2n) is 8.06. The number of thiazole rings is 1. The van der Waals surface area contributed by atoms with Crippen LogP contribution in [0.1, 0.15) is 50.6 Å². The fourth-order valence-corrected chi connectivity index (χ4v) is 5.14. The topological polar surface area (TPSA) is 77.0 Å². The van der Waals surface area contributed by atoms with E-state index in [4.69, 9.17) is 9.15 Å². The number of hydrogen-bond donors (Lipinski definition) is 0. The van der Waals surface area contributed by atoms with E-state index in [1.165, 1.54) is 11.3 Å². The van der Waals surface area contributed by atoms with Crippen molar-refractivity contribution in [1.82, 2.24) is 4.57 Å². The molecule has 3 aromatic rings. The van der Waals surface area contributed by atoms with E-state index in [-0.39, 0.29) is 12.2 Å². The van der Waals surface area contributed by atoms with Crippen molar-refractivity contribution in [3.63, 3.8) is 0 Å². The van der Waals surface area contributed by atoms with Gasteiger partial charge in [0.05, 0.1) is 28.5 Å². The summed E-state index contributed by atoms with van der Waals surface area (Å²) in [7, 11) is 0. The van der Waals surface area contributed by atoms with Gasteiger partial charge in [-0.1, -0.05) is 41.2 Å². The number of carbonyl (C=O) groups excluding carboxylic acids is 1. The van der Waals surface area contributed by atoms with Crippen molar-refractivity contribution in [1.29, 1.82) is 0 Å². The monoisotopic (exact) mass is 479 g/mol. The summed E-state index contributed by atoms with van der Waals surface area (Å²) >= 11 is 1.29. The SMILES string of the molecule is CCOC(=O)C1=C(C)N=c2s/c(=C/c3ccc(N(CC)CC)o3)c(=O)n2[C@@H]1c1ccc(C)cc1. The highest BCUT2D eigenvalue weighted by atomic mass is 32.1. The average molecular weight is 480 g/mol. The first-order chi connectivity index (χ1) is 16.4. The smallest absolute Gasteiger partial charge is 0.338 e. The molecule has 0 unspecified atom stereocenters. The van der Waals surface area contributed by atoms with Crippen LogP contribution in [0, 0.1) is 6.92 Å². The van der Waals surface area contributed by atoms with Gasteiger partial charge in [-0.2, -0.15) is 0 Å². The first-order valence-electron chi connectivity index (χ1n) is 11.5. The van der Waals surface area contributed by atoms with Crippen molar-refractivity contribution in [2.24, 2.45) is 4.99 Å². The summed E-state index contributed by atoms with van der Waals surface area (Å²) in [6, 6.07) is 11.0. The van der Waals surface area contributed by atoms with Crippen molar-refractivity contribution < 1.29 is 13.9 Å². The predicted molar refractivity (Wildman–Crippen MR) is 134 cm³/mol. The quantitative estimate of drug-likeness (QED) is 0.485. The Morgan fingerprint density at radius 2 is 1.85 bits per heavy atom. The molecule has 1 aliphatic heterocycles. The third-order valence-corrected chi connectivity index (χ3v) is 6.85. The minimum absolute atomic E-state index is 0.218. The Labute approximate surface area is 202 Å². The van der Waals surface area contributed by atoms with Gasteiger partial charge in [0.2, 0.25) is 0 Å². The molecule has 0 saturated carbocycles. The van der Waals surface area contributed by atoms with E-state index in [0.29, 0.717) is 26.4 Å². The van der Waals surface area contributed by atoms with Crippen LogP contribution in [-0.2, 0) is 9.53 Å². The Morgan fingerprint density at radius 1 is 1.15 bits per heavy atom. The van der Waals surface area contributed by atoms with Crippen LogP contribution in [0.5, 0.6) is 0 Å². The van der Waals surface area contributed by atoms with Gasteiger partial charge in [0.25, 0.3) is 5.56 Å². The van der Waals surface area contributed by atoms with Gasteiger partial charge in [0.1, 0.15) is 5.76 Å². The Hall–Kier alpha value is -3.39. The maximum absolute atomic E-state index is 13.6. The molecule has 3 heterocycles. The molecular weight excluding hydrogens is 450 g/mol. The highest BCUT2D eigenvalue weighted by Gasteiger charge is 2.33. The summed E-state index contributed by atoms with van der Waals surface area (Å²) in [5, 5.41) is 0. The van der Waals surface area contributed by atoms with E-state index in [1.807, 2.05) is 43.3 Å². The Kier molecular flexibility index (Phi) is 6.88. The van der Waals surface area contributed by atoms with E-state index >= 15 is 0 Å². The van der Waals surface area contributed by atoms with Crippen molar-refractivity contribution in [3.8, 4) is 0 Å². The average Bonchev–Trinajstić information content (AvgIpc) is 3.39. The molecular formula is C26H29N3O4S. The lowest BCUT2D eigenvalue weighted by Gasteiger charge is -2.24. The third kappa shape index (κ3) is 4.37. The van der Waals surface area contributed by atoms with Crippen LogP contribution in [0.2, 0.25) is 0 Å². The second kappa shape index (κ2) is 9.85. The van der Waals surface area contributed by atoms with Crippen LogP contribution in [0.15, 0.2) is 61.9 Å². The van der Waals surface area contributed by atoms with Crippen LogP contribution in [0.4, 0.5) is 5.88 Å². The van der Waals surface area contributed by atoms with Gasteiger partial charge >= 0.3 is 5.97 Å². The minimum atomic E-state index is -0.610. The van der Waals surface area contributed by atoms with Crippen LogP contribution >= 0.6 is 11.3 Å². The zero-order valence-corrected chi connectivity index (χ0v) is 20.9. The predicted octanol–water partition coefficient (Wildman–Crippen LogP) is 3.55. The lowest BCUT2D eigenvalue weighted by molar-refractivity contribution is -0.139. The maximum atomic E-state index is 13.6. The molecule has 8 heteroatoms. The van der Waals surface area contributed by atoms with E-state index in [1.54, 1.807) is 24.5 Å². The van der Waals surface area contributed by atoms with Crippen molar-refractivity contribution in [2.75, 3.05) is 24.6 Å². The van der Waals surface area contributed by atoms with Crippen LogP contribution in [-0.4, -0.2) is 30.2 Å². The molecule has 2 aromatic heterocycles. The number of nitrogens with zero attached hydrogens (tertiary/aromatic N) is 3. The Bertz CT molecular complexity index is 1410.